The van der Waals surface area contributed by atoms with Gasteiger partial charge in [-0.15, -0.1) is 0 Å². The lowest BCUT2D eigenvalue weighted by Gasteiger charge is -2.09. The van der Waals surface area contributed by atoms with Crippen molar-refractivity contribution in [3.63, 3.8) is 0 Å². The van der Waals surface area contributed by atoms with E-state index in [1.54, 1.807) is 18.2 Å². The number of carbonyl (C=O) groups is 3. The van der Waals surface area contributed by atoms with Crippen LogP contribution in [0.5, 0.6) is 0 Å². The van der Waals surface area contributed by atoms with Gasteiger partial charge in [0.1, 0.15) is 6.29 Å². The number of para-hydroxylation sites is 1. The number of hydrogen-bond donors (Lipinski definition) is 1. The van der Waals surface area contributed by atoms with Crippen LogP contribution in [-0.2, 0) is 9.53 Å². The predicted molar refractivity (Wildman–Crippen MR) is 87.2 cm³/mol. The van der Waals surface area contributed by atoms with Crippen molar-refractivity contribution in [1.29, 1.82) is 0 Å². The molecule has 1 amide bonds. The predicted octanol–water partition coefficient (Wildman–Crippen LogP) is 3.60. The van der Waals surface area contributed by atoms with Crippen molar-refractivity contribution in [3.05, 3.63) is 63.6 Å². The Bertz CT molecular complexity index is 724. The van der Waals surface area contributed by atoms with Gasteiger partial charge in [-0.3, -0.25) is 9.59 Å². The van der Waals surface area contributed by atoms with Gasteiger partial charge in [-0.2, -0.15) is 0 Å². The first-order valence-corrected chi connectivity index (χ1v) is 7.23. The van der Waals surface area contributed by atoms with Gasteiger partial charge >= 0.3 is 5.97 Å². The summed E-state index contributed by atoms with van der Waals surface area (Å²) in [6.07, 6.45) is 0.663. The zero-order valence-electron chi connectivity index (χ0n) is 11.7. The van der Waals surface area contributed by atoms with E-state index in [9.17, 15) is 14.4 Å². The highest BCUT2D eigenvalue weighted by molar-refractivity contribution is 6.39. The number of hydrogen-bond acceptors (Lipinski definition) is 4. The monoisotopic (exact) mass is 351 g/mol. The van der Waals surface area contributed by atoms with Crippen LogP contribution < -0.4 is 5.32 Å². The van der Waals surface area contributed by atoms with E-state index in [4.69, 9.17) is 27.9 Å². The summed E-state index contributed by atoms with van der Waals surface area (Å²) in [5, 5.41) is 3.04. The van der Waals surface area contributed by atoms with Crippen molar-refractivity contribution in [1.82, 2.24) is 0 Å². The van der Waals surface area contributed by atoms with Crippen molar-refractivity contribution in [2.75, 3.05) is 11.9 Å². The lowest BCUT2D eigenvalue weighted by molar-refractivity contribution is -0.119. The third-order valence-electron chi connectivity index (χ3n) is 2.84. The molecule has 118 valence electrons. The zero-order chi connectivity index (χ0) is 16.8. The zero-order valence-corrected chi connectivity index (χ0v) is 13.2. The van der Waals surface area contributed by atoms with E-state index >= 15 is 0 Å². The van der Waals surface area contributed by atoms with E-state index in [-0.39, 0.29) is 21.3 Å². The Balaban J connectivity index is 1.93. The average molecular weight is 352 g/mol. The third kappa shape index (κ3) is 4.55. The van der Waals surface area contributed by atoms with Crippen molar-refractivity contribution in [2.24, 2.45) is 0 Å². The van der Waals surface area contributed by atoms with Crippen molar-refractivity contribution in [3.8, 4) is 0 Å². The minimum Gasteiger partial charge on any atom is -0.452 e. The van der Waals surface area contributed by atoms with Crippen LogP contribution in [0.25, 0.3) is 0 Å². The molecule has 7 heteroatoms. The van der Waals surface area contributed by atoms with Gasteiger partial charge in [0.25, 0.3) is 5.91 Å². The lowest BCUT2D eigenvalue weighted by atomic mass is 10.1. The highest BCUT2D eigenvalue weighted by atomic mass is 35.5. The van der Waals surface area contributed by atoms with Gasteiger partial charge in [-0.25, -0.2) is 4.79 Å². The van der Waals surface area contributed by atoms with Gasteiger partial charge in [-0.05, 0) is 24.3 Å². The number of anilines is 1. The molecule has 2 rings (SSSR count). The first kappa shape index (κ1) is 17.0. The van der Waals surface area contributed by atoms with Crippen molar-refractivity contribution < 1.29 is 19.1 Å². The Morgan fingerprint density at radius 2 is 1.65 bits per heavy atom. The van der Waals surface area contributed by atoms with Gasteiger partial charge in [0.15, 0.2) is 6.61 Å². The van der Waals surface area contributed by atoms with E-state index in [1.165, 1.54) is 24.3 Å². The molecule has 0 aliphatic carbocycles. The molecular formula is C16H11Cl2NO4. The molecule has 0 unspecified atom stereocenters. The Morgan fingerprint density at radius 1 is 1.04 bits per heavy atom. The number of benzene rings is 2. The number of ether oxygens (including phenoxy) is 1. The topological polar surface area (TPSA) is 72.5 Å². The van der Waals surface area contributed by atoms with Crippen molar-refractivity contribution >= 4 is 47.1 Å². The second-order valence-electron chi connectivity index (χ2n) is 4.46. The van der Waals surface area contributed by atoms with Gasteiger partial charge in [0.2, 0.25) is 0 Å². The van der Waals surface area contributed by atoms with E-state index < -0.39 is 18.5 Å². The molecule has 0 heterocycles. The van der Waals surface area contributed by atoms with E-state index in [0.717, 1.165) is 0 Å². The minimum absolute atomic E-state index is 0.235. The first-order chi connectivity index (χ1) is 11.0. The van der Waals surface area contributed by atoms with E-state index in [1.807, 2.05) is 0 Å². The van der Waals surface area contributed by atoms with Gasteiger partial charge < -0.3 is 10.1 Å². The van der Waals surface area contributed by atoms with E-state index in [0.29, 0.717) is 11.8 Å². The van der Waals surface area contributed by atoms with Crippen LogP contribution in [0.15, 0.2) is 42.5 Å². The molecule has 23 heavy (non-hydrogen) atoms. The maximum absolute atomic E-state index is 11.8. The highest BCUT2D eigenvalue weighted by Gasteiger charge is 2.13. The number of aldehydes is 1. The Hall–Kier alpha value is -2.37. The normalized spacial score (nSPS) is 10.0. The molecule has 0 fully saturated rings. The fourth-order valence-corrected chi connectivity index (χ4v) is 2.20. The Kier molecular flexibility index (Phi) is 5.73. The highest BCUT2D eigenvalue weighted by Crippen LogP contribution is 2.29. The summed E-state index contributed by atoms with van der Waals surface area (Å²) >= 11 is 11.9. The number of esters is 1. The van der Waals surface area contributed by atoms with Gasteiger partial charge in [0, 0.05) is 5.56 Å². The molecule has 0 aliphatic rings. The van der Waals surface area contributed by atoms with Crippen LogP contribution in [0.1, 0.15) is 20.7 Å². The molecule has 2 aromatic rings. The van der Waals surface area contributed by atoms with E-state index in [2.05, 4.69) is 5.32 Å². The summed E-state index contributed by atoms with van der Waals surface area (Å²) in [5.41, 5.74) is 0.930. The molecule has 0 spiro atoms. The molecular weight excluding hydrogens is 341 g/mol. The Morgan fingerprint density at radius 3 is 2.22 bits per heavy atom. The second-order valence-corrected chi connectivity index (χ2v) is 5.28. The molecule has 1 N–H and O–H groups in total. The van der Waals surface area contributed by atoms with Crippen LogP contribution in [0.3, 0.4) is 0 Å². The molecule has 0 radical (unpaired) electrons. The summed E-state index contributed by atoms with van der Waals surface area (Å²) in [6.45, 7) is -0.490. The SMILES string of the molecule is O=Cc1ccc(C(=O)OCC(=O)Nc2c(Cl)cccc2Cl)cc1. The summed E-state index contributed by atoms with van der Waals surface area (Å²) in [6, 6.07) is 10.6. The standard InChI is InChI=1S/C16H11Cl2NO4/c17-12-2-1-3-13(18)15(12)19-14(21)9-23-16(22)11-6-4-10(8-20)5-7-11/h1-8H,9H2,(H,19,21). The smallest absolute Gasteiger partial charge is 0.338 e. The van der Waals surface area contributed by atoms with Crippen molar-refractivity contribution in [2.45, 2.75) is 0 Å². The number of nitrogens with one attached hydrogen (secondary N) is 1. The summed E-state index contributed by atoms with van der Waals surface area (Å²) < 4.78 is 4.89. The molecule has 0 bridgehead atoms. The average Bonchev–Trinajstić information content (AvgIpc) is 2.56. The summed E-state index contributed by atoms with van der Waals surface area (Å²) in [5.74, 6) is -1.25. The third-order valence-corrected chi connectivity index (χ3v) is 3.47. The van der Waals surface area contributed by atoms with Crippen LogP contribution in [0.4, 0.5) is 5.69 Å². The molecule has 0 saturated heterocycles. The molecule has 0 aromatic heterocycles. The minimum atomic E-state index is -0.678. The second kappa shape index (κ2) is 7.76. The molecule has 2 aromatic carbocycles. The maximum atomic E-state index is 11.8. The largest absolute Gasteiger partial charge is 0.452 e. The first-order valence-electron chi connectivity index (χ1n) is 6.47. The van der Waals surface area contributed by atoms with Gasteiger partial charge in [0.05, 0.1) is 21.3 Å². The van der Waals surface area contributed by atoms with Crippen LogP contribution >= 0.6 is 23.2 Å². The number of rotatable bonds is 5. The molecule has 0 aliphatic heterocycles. The molecule has 0 saturated carbocycles. The Labute approximate surface area is 142 Å². The number of amides is 1. The fourth-order valence-electron chi connectivity index (χ4n) is 1.70. The number of carbonyl (C=O) groups excluding carboxylic acids is 3. The van der Waals surface area contributed by atoms with Crippen LogP contribution in [-0.4, -0.2) is 24.8 Å². The quantitative estimate of drug-likeness (QED) is 0.659. The van der Waals surface area contributed by atoms with Gasteiger partial charge in [-0.1, -0.05) is 41.4 Å². The lowest BCUT2D eigenvalue weighted by Crippen LogP contribution is -2.21. The maximum Gasteiger partial charge on any atom is 0.338 e. The van der Waals surface area contributed by atoms with Crippen LogP contribution in [0, 0.1) is 0 Å². The molecule has 0 atom stereocenters. The molecule has 5 nitrogen and oxygen atoms in total. The van der Waals surface area contributed by atoms with Crippen LogP contribution in [0.2, 0.25) is 10.0 Å². The fraction of sp³-hybridized carbons (Fsp3) is 0.0625. The number of halogens is 2. The summed E-state index contributed by atoms with van der Waals surface area (Å²) in [4.78, 5) is 34.1. The summed E-state index contributed by atoms with van der Waals surface area (Å²) in [7, 11) is 0.